The van der Waals surface area contributed by atoms with E-state index in [0.29, 0.717) is 35.6 Å². The minimum atomic E-state index is -3.43. The molecule has 2 heterocycles. The molecule has 0 radical (unpaired) electrons. The molecule has 2 aromatic rings. The standard InChI is InChI=1S/C16H21N3O3S.ClH/c1-12-18-16(11-22-12)13-3-5-15(6-4-13)23(20,21)19-9-7-14(17-2)8-10-19;/h3-6,11,14,17H,7-10H2,1-2H3;1H. The average molecular weight is 372 g/mol. The number of hydrogen-bond acceptors (Lipinski definition) is 5. The third-order valence-corrected chi connectivity index (χ3v) is 6.18. The zero-order valence-corrected chi connectivity index (χ0v) is 15.4. The topological polar surface area (TPSA) is 75.4 Å². The maximum Gasteiger partial charge on any atom is 0.243 e. The predicted molar refractivity (Wildman–Crippen MR) is 94.8 cm³/mol. The summed E-state index contributed by atoms with van der Waals surface area (Å²) in [6, 6.07) is 7.21. The molecule has 24 heavy (non-hydrogen) atoms. The summed E-state index contributed by atoms with van der Waals surface area (Å²) in [6.07, 6.45) is 3.25. The number of aryl methyl sites for hydroxylation is 1. The van der Waals surface area contributed by atoms with E-state index in [-0.39, 0.29) is 12.4 Å². The van der Waals surface area contributed by atoms with Crippen molar-refractivity contribution in [2.24, 2.45) is 0 Å². The molecule has 0 amide bonds. The molecule has 1 aliphatic heterocycles. The summed E-state index contributed by atoms with van der Waals surface area (Å²) in [6.45, 7) is 2.88. The van der Waals surface area contributed by atoms with Crippen molar-refractivity contribution in [1.29, 1.82) is 0 Å². The summed E-state index contributed by atoms with van der Waals surface area (Å²) in [4.78, 5) is 4.57. The molecule has 1 fully saturated rings. The lowest BCUT2D eigenvalue weighted by atomic mass is 10.1. The lowest BCUT2D eigenvalue weighted by Gasteiger charge is -2.31. The van der Waals surface area contributed by atoms with E-state index < -0.39 is 10.0 Å². The van der Waals surface area contributed by atoms with Gasteiger partial charge in [0.2, 0.25) is 10.0 Å². The lowest BCUT2D eigenvalue weighted by molar-refractivity contribution is 0.298. The second kappa shape index (κ2) is 7.65. The molecule has 0 atom stereocenters. The molecule has 0 saturated carbocycles. The van der Waals surface area contributed by atoms with Crippen molar-refractivity contribution in [3.05, 3.63) is 36.4 Å². The molecule has 1 N–H and O–H groups in total. The lowest BCUT2D eigenvalue weighted by Crippen LogP contribution is -2.43. The fourth-order valence-electron chi connectivity index (χ4n) is 2.83. The number of nitrogens with one attached hydrogen (secondary N) is 1. The Hall–Kier alpha value is -1.41. The van der Waals surface area contributed by atoms with Crippen LogP contribution in [0.5, 0.6) is 0 Å². The van der Waals surface area contributed by atoms with Crippen LogP contribution >= 0.6 is 12.4 Å². The van der Waals surface area contributed by atoms with E-state index in [1.807, 2.05) is 7.05 Å². The third kappa shape index (κ3) is 3.80. The van der Waals surface area contributed by atoms with Gasteiger partial charge in [0, 0.05) is 31.6 Å². The molecular weight excluding hydrogens is 350 g/mol. The van der Waals surface area contributed by atoms with Crippen LogP contribution in [-0.4, -0.2) is 43.9 Å². The van der Waals surface area contributed by atoms with Crippen LogP contribution in [0.2, 0.25) is 0 Å². The van der Waals surface area contributed by atoms with E-state index in [1.165, 1.54) is 0 Å². The van der Waals surface area contributed by atoms with E-state index in [1.54, 1.807) is 41.8 Å². The van der Waals surface area contributed by atoms with Gasteiger partial charge in [-0.2, -0.15) is 4.31 Å². The van der Waals surface area contributed by atoms with Gasteiger partial charge in [-0.15, -0.1) is 12.4 Å². The van der Waals surface area contributed by atoms with E-state index in [4.69, 9.17) is 4.42 Å². The molecule has 132 valence electrons. The molecule has 3 rings (SSSR count). The summed E-state index contributed by atoms with van der Waals surface area (Å²) in [5.41, 5.74) is 1.55. The summed E-state index contributed by atoms with van der Waals surface area (Å²) in [7, 11) is -1.51. The van der Waals surface area contributed by atoms with Gasteiger partial charge in [0.1, 0.15) is 12.0 Å². The number of nitrogens with zero attached hydrogens (tertiary/aromatic N) is 2. The SMILES string of the molecule is CNC1CCN(S(=O)(=O)c2ccc(-c3coc(C)n3)cc2)CC1.Cl. The maximum absolute atomic E-state index is 12.7. The van der Waals surface area contributed by atoms with E-state index in [0.717, 1.165) is 18.4 Å². The van der Waals surface area contributed by atoms with Crippen LogP contribution in [-0.2, 0) is 10.0 Å². The quantitative estimate of drug-likeness (QED) is 0.893. The number of aromatic nitrogens is 1. The van der Waals surface area contributed by atoms with E-state index >= 15 is 0 Å². The van der Waals surface area contributed by atoms with Crippen molar-refractivity contribution in [1.82, 2.24) is 14.6 Å². The molecule has 1 aliphatic rings. The number of rotatable bonds is 4. The highest BCUT2D eigenvalue weighted by Gasteiger charge is 2.28. The molecule has 8 heteroatoms. The minimum Gasteiger partial charge on any atom is -0.449 e. The van der Waals surface area contributed by atoms with Gasteiger partial charge in [0.05, 0.1) is 4.90 Å². The van der Waals surface area contributed by atoms with Crippen molar-refractivity contribution in [3.63, 3.8) is 0 Å². The van der Waals surface area contributed by atoms with Crippen LogP contribution < -0.4 is 5.32 Å². The summed E-state index contributed by atoms with van der Waals surface area (Å²) < 4.78 is 32.2. The highest BCUT2D eigenvalue weighted by Crippen LogP contribution is 2.24. The summed E-state index contributed by atoms with van der Waals surface area (Å²) in [5.74, 6) is 0.587. The Morgan fingerprint density at radius 2 is 1.83 bits per heavy atom. The average Bonchev–Trinajstić information content (AvgIpc) is 3.01. The van der Waals surface area contributed by atoms with Crippen molar-refractivity contribution in [2.45, 2.75) is 30.7 Å². The summed E-state index contributed by atoms with van der Waals surface area (Å²) >= 11 is 0. The first-order valence-electron chi connectivity index (χ1n) is 7.70. The van der Waals surface area contributed by atoms with Crippen LogP contribution in [0.15, 0.2) is 39.8 Å². The van der Waals surface area contributed by atoms with Gasteiger partial charge in [-0.3, -0.25) is 0 Å². The zero-order valence-electron chi connectivity index (χ0n) is 13.7. The Morgan fingerprint density at radius 3 is 2.33 bits per heavy atom. The molecule has 6 nitrogen and oxygen atoms in total. The van der Waals surface area contributed by atoms with Gasteiger partial charge in [0.15, 0.2) is 5.89 Å². The van der Waals surface area contributed by atoms with Gasteiger partial charge < -0.3 is 9.73 Å². The van der Waals surface area contributed by atoms with Crippen molar-refractivity contribution in [2.75, 3.05) is 20.1 Å². The number of oxazole rings is 1. The van der Waals surface area contributed by atoms with Gasteiger partial charge in [-0.05, 0) is 32.0 Å². The first kappa shape index (κ1) is 18.9. The largest absolute Gasteiger partial charge is 0.449 e. The maximum atomic E-state index is 12.7. The first-order chi connectivity index (χ1) is 11.0. The number of benzene rings is 1. The molecule has 1 aromatic heterocycles. The number of sulfonamides is 1. The highest BCUT2D eigenvalue weighted by molar-refractivity contribution is 7.89. The number of hydrogen-bond donors (Lipinski definition) is 1. The number of halogens is 1. The molecule has 0 unspecified atom stereocenters. The fraction of sp³-hybridized carbons (Fsp3) is 0.438. The first-order valence-corrected chi connectivity index (χ1v) is 9.14. The van der Waals surface area contributed by atoms with Gasteiger partial charge in [-0.25, -0.2) is 13.4 Å². The Kier molecular flexibility index (Phi) is 6.03. The Labute approximate surface area is 148 Å². The molecule has 0 spiro atoms. The van der Waals surface area contributed by atoms with Crippen molar-refractivity contribution in [3.8, 4) is 11.3 Å². The Balaban J connectivity index is 0.00000208. The molecule has 0 aliphatic carbocycles. The Bertz CT molecular complexity index is 766. The second-order valence-electron chi connectivity index (χ2n) is 5.74. The Morgan fingerprint density at radius 1 is 1.21 bits per heavy atom. The summed E-state index contributed by atoms with van der Waals surface area (Å²) in [5, 5.41) is 3.21. The zero-order chi connectivity index (χ0) is 16.4. The van der Waals surface area contributed by atoms with Crippen LogP contribution in [0.25, 0.3) is 11.3 Å². The number of piperidine rings is 1. The van der Waals surface area contributed by atoms with E-state index in [2.05, 4.69) is 10.3 Å². The van der Waals surface area contributed by atoms with E-state index in [9.17, 15) is 8.42 Å². The smallest absolute Gasteiger partial charge is 0.243 e. The van der Waals surface area contributed by atoms with Crippen LogP contribution in [0, 0.1) is 6.92 Å². The molecule has 0 bridgehead atoms. The van der Waals surface area contributed by atoms with Crippen LogP contribution in [0.4, 0.5) is 0 Å². The predicted octanol–water partition coefficient (Wildman–Crippen LogP) is 2.44. The van der Waals surface area contributed by atoms with Crippen LogP contribution in [0.3, 0.4) is 0 Å². The highest BCUT2D eigenvalue weighted by atomic mass is 35.5. The van der Waals surface area contributed by atoms with Crippen molar-refractivity contribution >= 4 is 22.4 Å². The molecular formula is C16H22ClN3O3S. The third-order valence-electron chi connectivity index (χ3n) is 4.27. The van der Waals surface area contributed by atoms with Gasteiger partial charge >= 0.3 is 0 Å². The fourth-order valence-corrected chi connectivity index (χ4v) is 4.30. The second-order valence-corrected chi connectivity index (χ2v) is 7.68. The van der Waals surface area contributed by atoms with Gasteiger partial charge in [0.25, 0.3) is 0 Å². The minimum absolute atomic E-state index is 0. The van der Waals surface area contributed by atoms with Crippen molar-refractivity contribution < 1.29 is 12.8 Å². The van der Waals surface area contributed by atoms with Gasteiger partial charge in [-0.1, -0.05) is 12.1 Å². The molecule has 1 aromatic carbocycles. The monoisotopic (exact) mass is 371 g/mol. The van der Waals surface area contributed by atoms with Crippen LogP contribution in [0.1, 0.15) is 18.7 Å². The molecule has 1 saturated heterocycles. The normalized spacial score (nSPS) is 16.8.